The third-order valence-electron chi connectivity index (χ3n) is 8.65. The Morgan fingerprint density at radius 1 is 0.575 bits per heavy atom. The molecule has 0 unspecified atom stereocenters. The van der Waals surface area contributed by atoms with E-state index in [0.717, 1.165) is 6.42 Å². The van der Waals surface area contributed by atoms with Crippen LogP contribution in [0, 0.1) is 0 Å². The van der Waals surface area contributed by atoms with Crippen molar-refractivity contribution >= 4 is 6.48 Å². The van der Waals surface area contributed by atoms with Crippen molar-refractivity contribution in [3.63, 3.8) is 0 Å². The van der Waals surface area contributed by atoms with Crippen molar-refractivity contribution in [1.29, 1.82) is 0 Å². The van der Waals surface area contributed by atoms with E-state index in [4.69, 9.17) is 0 Å². The van der Waals surface area contributed by atoms with Gasteiger partial charge in [-0.3, -0.25) is 0 Å². The minimum absolute atomic E-state index is 0. The van der Waals surface area contributed by atoms with Gasteiger partial charge in [0.15, 0.2) is 0 Å². The van der Waals surface area contributed by atoms with Crippen LogP contribution in [-0.2, 0) is 27.7 Å². The molecular weight excluding hydrogens is 607 g/mol. The first-order chi connectivity index (χ1) is 18.8. The van der Waals surface area contributed by atoms with E-state index in [9.17, 15) is 0 Å². The Labute approximate surface area is 259 Å². The van der Waals surface area contributed by atoms with Crippen molar-refractivity contribution in [2.75, 3.05) is 0 Å². The molecule has 0 nitrogen and oxygen atoms in total. The Bertz CT molecular complexity index is 1590. The molecule has 0 heterocycles. The largest absolute Gasteiger partial charge is 1.00 e. The van der Waals surface area contributed by atoms with Crippen LogP contribution in [-0.4, -0.2) is 3.21 Å². The molecule has 0 saturated heterocycles. The predicted molar refractivity (Wildman–Crippen MR) is 160 cm³/mol. The third kappa shape index (κ3) is 5.72. The second-order valence-electron chi connectivity index (χ2n) is 11.0. The zero-order chi connectivity index (χ0) is 25.3. The first-order valence-corrected chi connectivity index (χ1v) is 18.0. The van der Waals surface area contributed by atoms with Crippen molar-refractivity contribution in [3.05, 3.63) is 124 Å². The summed E-state index contributed by atoms with van der Waals surface area (Å²) in [6, 6.07) is 34.3. The molecule has 0 aromatic heterocycles. The number of benzene rings is 4. The van der Waals surface area contributed by atoms with Crippen molar-refractivity contribution in [1.82, 2.24) is 0 Å². The standard InChI is InChI=1S/C25H17.C7H12.C5H5.2ClH.Zr/c1-3-7-18(8-4-1)20-11-13-22-15-23-14-12-21(17-25(23)24(22)16-20)19-9-5-2-6-10-19;1-2-4-6-7-5-3-1;1-2-4-5-3-1;;;/h1-13,16-17H,15H2;1-6H2;1-3H,4H2;2*1H;/q;;;;;+2/p-2. The van der Waals surface area contributed by atoms with Gasteiger partial charge in [0.2, 0.25) is 0 Å². The Hall–Kier alpha value is -2.31. The zero-order valence-corrected chi connectivity index (χ0v) is 26.8. The molecule has 0 aliphatic heterocycles. The second kappa shape index (κ2) is 13.1. The summed E-state index contributed by atoms with van der Waals surface area (Å²) in [4.78, 5) is 0. The number of hydrogen-bond acceptors (Lipinski definition) is 0. The molecular formula is C37H34Cl2Zr. The molecule has 0 radical (unpaired) electrons. The molecule has 0 N–H and O–H groups in total. The SMILES string of the molecule is C1=CC[C]([Zr+2](=[C]2CCCCCC2)[c]2cc(-c3ccccc3)cc3c2Cc2ccc(-c4ccccc4)cc2-3)=C1.[Cl-].[Cl-]. The van der Waals surface area contributed by atoms with Crippen LogP contribution in [0.3, 0.4) is 0 Å². The van der Waals surface area contributed by atoms with E-state index in [-0.39, 0.29) is 24.8 Å². The van der Waals surface area contributed by atoms with Gasteiger partial charge < -0.3 is 24.8 Å². The molecule has 4 aromatic carbocycles. The van der Waals surface area contributed by atoms with Gasteiger partial charge in [-0.15, -0.1) is 0 Å². The van der Waals surface area contributed by atoms with Gasteiger partial charge in [0, 0.05) is 0 Å². The fourth-order valence-electron chi connectivity index (χ4n) is 6.73. The Morgan fingerprint density at radius 2 is 1.23 bits per heavy atom. The average Bonchev–Trinajstić information content (AvgIpc) is 3.55. The fraction of sp³-hybridized carbons (Fsp3) is 0.216. The topological polar surface area (TPSA) is 0 Å². The summed E-state index contributed by atoms with van der Waals surface area (Å²) in [6.07, 6.45) is 17.8. The van der Waals surface area contributed by atoms with Gasteiger partial charge in [0.05, 0.1) is 0 Å². The molecule has 3 aliphatic carbocycles. The predicted octanol–water partition coefficient (Wildman–Crippen LogP) is 3.21. The Morgan fingerprint density at radius 3 is 1.88 bits per heavy atom. The molecule has 200 valence electrons. The molecule has 40 heavy (non-hydrogen) atoms. The van der Waals surface area contributed by atoms with Crippen molar-refractivity contribution in [3.8, 4) is 33.4 Å². The van der Waals surface area contributed by atoms with Crippen LogP contribution in [0.1, 0.15) is 56.1 Å². The van der Waals surface area contributed by atoms with Gasteiger partial charge in [-0.05, 0) is 0 Å². The summed E-state index contributed by atoms with van der Waals surface area (Å²) < 4.78 is 5.51. The third-order valence-corrected chi connectivity index (χ3v) is 16.5. The van der Waals surface area contributed by atoms with Crippen molar-refractivity contribution < 1.29 is 46.1 Å². The van der Waals surface area contributed by atoms with Crippen molar-refractivity contribution in [2.45, 2.75) is 51.4 Å². The van der Waals surface area contributed by atoms with Crippen LogP contribution in [0.15, 0.2) is 113 Å². The summed E-state index contributed by atoms with van der Waals surface area (Å²) in [6.45, 7) is 0. The zero-order valence-electron chi connectivity index (χ0n) is 22.8. The van der Waals surface area contributed by atoms with Crippen LogP contribution >= 0.6 is 0 Å². The molecule has 7 rings (SSSR count). The number of halogens is 2. The maximum atomic E-state index is 2.64. The van der Waals surface area contributed by atoms with Crippen LogP contribution < -0.4 is 28.1 Å². The van der Waals surface area contributed by atoms with Gasteiger partial charge in [-0.2, -0.15) is 0 Å². The van der Waals surface area contributed by atoms with Gasteiger partial charge in [-0.1, -0.05) is 0 Å². The molecule has 1 saturated carbocycles. The molecule has 0 bridgehead atoms. The van der Waals surface area contributed by atoms with E-state index < -0.39 is 21.3 Å². The van der Waals surface area contributed by atoms with E-state index in [1.54, 1.807) is 12.1 Å². The maximum Gasteiger partial charge on any atom is -1.00 e. The molecule has 4 aromatic rings. The molecule has 1 fully saturated rings. The van der Waals surface area contributed by atoms with E-state index >= 15 is 0 Å². The summed E-state index contributed by atoms with van der Waals surface area (Å²) in [5.41, 5.74) is 11.5. The molecule has 3 aliphatic rings. The summed E-state index contributed by atoms with van der Waals surface area (Å²) >= 11 is -2.22. The first kappa shape index (κ1) is 29.2. The van der Waals surface area contributed by atoms with Gasteiger partial charge >= 0.3 is 236 Å². The average molecular weight is 641 g/mol. The summed E-state index contributed by atoms with van der Waals surface area (Å²) in [5, 5.41) is 0. The van der Waals surface area contributed by atoms with Crippen LogP contribution in [0.25, 0.3) is 33.4 Å². The van der Waals surface area contributed by atoms with Gasteiger partial charge in [-0.25, -0.2) is 0 Å². The van der Waals surface area contributed by atoms with Crippen molar-refractivity contribution in [2.24, 2.45) is 0 Å². The van der Waals surface area contributed by atoms with Gasteiger partial charge in [0.25, 0.3) is 0 Å². The van der Waals surface area contributed by atoms with E-state index in [0.29, 0.717) is 0 Å². The van der Waals surface area contributed by atoms with Crippen LogP contribution in [0.2, 0.25) is 0 Å². The number of hydrogen-bond donors (Lipinski definition) is 0. The molecule has 0 atom stereocenters. The maximum absolute atomic E-state index is 2.64. The Kier molecular flexibility index (Phi) is 9.58. The number of fused-ring (bicyclic) bond motifs is 3. The Balaban J connectivity index is 0.00000161. The molecule has 0 spiro atoms. The minimum Gasteiger partial charge on any atom is -1.00 e. The number of allylic oxidation sites excluding steroid dienone is 4. The van der Waals surface area contributed by atoms with E-state index in [1.807, 2.05) is 3.21 Å². The monoisotopic (exact) mass is 638 g/mol. The van der Waals surface area contributed by atoms with E-state index in [1.165, 1.54) is 83.9 Å². The van der Waals surface area contributed by atoms with E-state index in [2.05, 4.69) is 109 Å². The number of rotatable bonds is 4. The normalized spacial score (nSPS) is 15.1. The second-order valence-corrected chi connectivity index (χ2v) is 17.5. The van der Waals surface area contributed by atoms with Crippen LogP contribution in [0.5, 0.6) is 0 Å². The smallest absolute Gasteiger partial charge is 1.00 e. The molecule has 3 heteroatoms. The first-order valence-electron chi connectivity index (χ1n) is 14.3. The summed E-state index contributed by atoms with van der Waals surface area (Å²) in [5.74, 6) is 0. The fourth-order valence-corrected chi connectivity index (χ4v) is 15.2. The molecule has 0 amide bonds. The summed E-state index contributed by atoms with van der Waals surface area (Å²) in [7, 11) is 0. The quantitative estimate of drug-likeness (QED) is 0.265. The van der Waals surface area contributed by atoms with Crippen LogP contribution in [0.4, 0.5) is 0 Å². The van der Waals surface area contributed by atoms with Gasteiger partial charge in [0.1, 0.15) is 0 Å². The minimum atomic E-state index is -2.22.